The van der Waals surface area contributed by atoms with E-state index in [0.717, 1.165) is 27.8 Å². The van der Waals surface area contributed by atoms with E-state index < -0.39 is 35.7 Å². The maximum absolute atomic E-state index is 13.5. The summed E-state index contributed by atoms with van der Waals surface area (Å²) < 4.78 is 10.9. The highest BCUT2D eigenvalue weighted by Crippen LogP contribution is 2.44. The fourth-order valence-corrected chi connectivity index (χ4v) is 5.60. The van der Waals surface area contributed by atoms with Crippen LogP contribution in [0.5, 0.6) is 0 Å². The Bertz CT molecular complexity index is 1440. The Hall–Kier alpha value is -4.66. The molecule has 0 heterocycles. The molecule has 0 aliphatic heterocycles. The summed E-state index contributed by atoms with van der Waals surface area (Å²) in [5.74, 6) is -2.52. The fraction of sp³-hybridized carbons (Fsp3) is 0.389. The van der Waals surface area contributed by atoms with Crippen molar-refractivity contribution in [2.45, 2.75) is 70.4 Å². The molecule has 0 saturated heterocycles. The number of benzene rings is 3. The Kier molecular flexibility index (Phi) is 11.4. The van der Waals surface area contributed by atoms with Gasteiger partial charge in [-0.25, -0.2) is 9.59 Å². The molecule has 238 valence electrons. The zero-order valence-electron chi connectivity index (χ0n) is 26.1. The first-order chi connectivity index (χ1) is 21.5. The van der Waals surface area contributed by atoms with Gasteiger partial charge in [-0.05, 0) is 67.9 Å². The zero-order chi connectivity index (χ0) is 32.4. The van der Waals surface area contributed by atoms with Crippen LogP contribution < -0.4 is 10.6 Å². The third-order valence-electron chi connectivity index (χ3n) is 7.75. The molecule has 0 spiro atoms. The molecule has 2 atom stereocenters. The van der Waals surface area contributed by atoms with E-state index >= 15 is 0 Å². The van der Waals surface area contributed by atoms with Crippen LogP contribution in [0.1, 0.15) is 69.1 Å². The number of carbonyl (C=O) groups excluding carboxylic acids is 3. The Labute approximate surface area is 264 Å². The van der Waals surface area contributed by atoms with Gasteiger partial charge in [-0.1, -0.05) is 85.3 Å². The number of alkyl carbamates (subject to hydrolysis) is 2. The van der Waals surface area contributed by atoms with E-state index in [0.29, 0.717) is 19.4 Å². The van der Waals surface area contributed by atoms with E-state index in [2.05, 4.69) is 22.8 Å². The number of nitrogens with one attached hydrogen (secondary N) is 2. The van der Waals surface area contributed by atoms with Crippen molar-refractivity contribution < 1.29 is 33.8 Å². The van der Waals surface area contributed by atoms with Crippen molar-refractivity contribution in [2.75, 3.05) is 13.2 Å². The molecule has 0 radical (unpaired) electrons. The summed E-state index contributed by atoms with van der Waals surface area (Å²) in [6.45, 7) is 5.74. The minimum atomic E-state index is -1.08. The fourth-order valence-electron chi connectivity index (χ4n) is 5.60. The molecule has 9 heteroatoms. The number of unbranched alkanes of at least 4 members (excludes halogenated alkanes) is 1. The van der Waals surface area contributed by atoms with Crippen molar-refractivity contribution >= 4 is 23.9 Å². The summed E-state index contributed by atoms with van der Waals surface area (Å²) in [5.41, 5.74) is 4.60. The highest BCUT2D eigenvalue weighted by Gasteiger charge is 2.31. The molecule has 0 fully saturated rings. The quantitative estimate of drug-likeness (QED) is 0.177. The van der Waals surface area contributed by atoms with E-state index in [1.54, 1.807) is 20.8 Å². The van der Waals surface area contributed by atoms with Crippen LogP contribution in [0.3, 0.4) is 0 Å². The molecule has 1 aliphatic rings. The summed E-state index contributed by atoms with van der Waals surface area (Å²) in [4.78, 5) is 50.5. The summed E-state index contributed by atoms with van der Waals surface area (Å²) >= 11 is 0. The second-order valence-electron chi connectivity index (χ2n) is 12.3. The largest absolute Gasteiger partial charge is 0.481 e. The molecule has 0 bridgehead atoms. The van der Waals surface area contributed by atoms with Crippen molar-refractivity contribution in [3.63, 3.8) is 0 Å². The normalized spacial score (nSPS) is 13.6. The number of fused-ring (bicyclic) bond motifs is 3. The molecule has 3 aromatic rings. The molecule has 3 aromatic carbocycles. The minimum Gasteiger partial charge on any atom is -0.481 e. The van der Waals surface area contributed by atoms with Crippen molar-refractivity contribution in [3.8, 4) is 11.1 Å². The predicted octanol–water partition coefficient (Wildman–Crippen LogP) is 6.49. The molecule has 9 nitrogen and oxygen atoms in total. The highest BCUT2D eigenvalue weighted by molar-refractivity contribution is 5.90. The molecule has 4 rings (SSSR count). The van der Waals surface area contributed by atoms with E-state index in [1.165, 1.54) is 0 Å². The van der Waals surface area contributed by atoms with Crippen LogP contribution in [0.4, 0.5) is 9.59 Å². The van der Waals surface area contributed by atoms with Crippen LogP contribution in [-0.4, -0.2) is 53.8 Å². The van der Waals surface area contributed by atoms with E-state index in [9.17, 15) is 24.3 Å². The number of hydrogen-bond donors (Lipinski definition) is 3. The van der Waals surface area contributed by atoms with Gasteiger partial charge in [0.05, 0.1) is 12.0 Å². The number of amides is 2. The Morgan fingerprint density at radius 2 is 1.42 bits per heavy atom. The molecule has 0 saturated carbocycles. The number of aliphatic carboxylic acids is 1. The number of Topliss-reactive ketones (excluding diaryl/α,β-unsaturated/α-hetero) is 1. The first kappa shape index (κ1) is 33.2. The first-order valence-corrected chi connectivity index (χ1v) is 15.4. The maximum Gasteiger partial charge on any atom is 0.407 e. The Morgan fingerprint density at radius 3 is 2.02 bits per heavy atom. The van der Waals surface area contributed by atoms with E-state index in [-0.39, 0.29) is 37.6 Å². The van der Waals surface area contributed by atoms with Gasteiger partial charge in [0.25, 0.3) is 0 Å². The second kappa shape index (κ2) is 15.4. The van der Waals surface area contributed by atoms with Crippen molar-refractivity contribution in [3.05, 3.63) is 95.6 Å². The number of carboxylic acids is 1. The molecule has 0 aromatic heterocycles. The molecule has 45 heavy (non-hydrogen) atoms. The molecular weight excluding hydrogens is 572 g/mol. The SMILES string of the molecule is CC(C)(C)OC(=O)NCCCC[C@H](CC(=O)[C@H](Cc1ccccc1)NC(=O)OCC1c2ccccc2-c2ccccc21)C(=O)O. The van der Waals surface area contributed by atoms with Gasteiger partial charge in [0.15, 0.2) is 5.78 Å². The van der Waals surface area contributed by atoms with Gasteiger partial charge in [-0.15, -0.1) is 0 Å². The van der Waals surface area contributed by atoms with Crippen molar-refractivity contribution in [2.24, 2.45) is 5.92 Å². The minimum absolute atomic E-state index is 0.0984. The van der Waals surface area contributed by atoms with Gasteiger partial charge in [-0.2, -0.15) is 0 Å². The lowest BCUT2D eigenvalue weighted by molar-refractivity contribution is -0.144. The number of hydrogen-bond acceptors (Lipinski definition) is 6. The maximum atomic E-state index is 13.5. The van der Waals surface area contributed by atoms with Crippen LogP contribution in [-0.2, 0) is 25.5 Å². The van der Waals surface area contributed by atoms with Gasteiger partial charge in [0, 0.05) is 18.9 Å². The molecule has 1 aliphatic carbocycles. The Morgan fingerprint density at radius 1 is 0.822 bits per heavy atom. The van der Waals surface area contributed by atoms with Crippen molar-refractivity contribution in [1.82, 2.24) is 10.6 Å². The zero-order valence-corrected chi connectivity index (χ0v) is 26.1. The second-order valence-corrected chi connectivity index (χ2v) is 12.3. The average molecular weight is 615 g/mol. The van der Waals surface area contributed by atoms with Gasteiger partial charge < -0.3 is 25.2 Å². The van der Waals surface area contributed by atoms with Gasteiger partial charge in [0.2, 0.25) is 0 Å². The third kappa shape index (κ3) is 9.66. The summed E-state index contributed by atoms with van der Waals surface area (Å²) in [5, 5.41) is 15.2. The summed E-state index contributed by atoms with van der Waals surface area (Å²) in [6.07, 6.45) is -0.0282. The summed E-state index contributed by atoms with van der Waals surface area (Å²) in [7, 11) is 0. The molecule has 0 unspecified atom stereocenters. The number of rotatable bonds is 14. The van der Waals surface area contributed by atoms with E-state index in [4.69, 9.17) is 9.47 Å². The van der Waals surface area contributed by atoms with E-state index in [1.807, 2.05) is 66.7 Å². The Balaban J connectivity index is 1.35. The number of carboxylic acid groups (broad SMARTS) is 1. The summed E-state index contributed by atoms with van der Waals surface area (Å²) in [6, 6.07) is 24.3. The van der Waals surface area contributed by atoms with Crippen molar-refractivity contribution in [1.29, 1.82) is 0 Å². The van der Waals surface area contributed by atoms with Gasteiger partial charge in [0.1, 0.15) is 12.2 Å². The molecule has 3 N–H and O–H groups in total. The van der Waals surface area contributed by atoms with Crippen LogP contribution in [0.25, 0.3) is 11.1 Å². The monoisotopic (exact) mass is 614 g/mol. The van der Waals surface area contributed by atoms with Gasteiger partial charge in [-0.3, -0.25) is 9.59 Å². The van der Waals surface area contributed by atoms with Crippen LogP contribution >= 0.6 is 0 Å². The standard InChI is InChI=1S/C36H42N2O7/c1-36(2,3)45-34(42)37-20-12-11-15-25(33(40)41)22-32(39)31(21-24-13-5-4-6-14-24)38-35(43)44-23-30-28-18-9-7-16-26(28)27-17-8-10-19-29(27)30/h4-10,13-14,16-19,25,30-31H,11-12,15,20-23H2,1-3H3,(H,37,42)(H,38,43)(H,40,41)/t25-,31+/m1/s1. The predicted molar refractivity (Wildman–Crippen MR) is 171 cm³/mol. The van der Waals surface area contributed by atoms with Gasteiger partial charge >= 0.3 is 18.2 Å². The number of carbonyl (C=O) groups is 4. The number of ketones is 1. The van der Waals surface area contributed by atoms with Crippen LogP contribution in [0.15, 0.2) is 78.9 Å². The highest BCUT2D eigenvalue weighted by atomic mass is 16.6. The lowest BCUT2D eigenvalue weighted by atomic mass is 9.91. The molecular formula is C36H42N2O7. The van der Waals surface area contributed by atoms with Crippen LogP contribution in [0, 0.1) is 5.92 Å². The molecule has 2 amide bonds. The lowest BCUT2D eigenvalue weighted by Gasteiger charge is -2.21. The number of ether oxygens (including phenoxy) is 2. The average Bonchev–Trinajstić information content (AvgIpc) is 3.32. The smallest absolute Gasteiger partial charge is 0.407 e. The topological polar surface area (TPSA) is 131 Å². The first-order valence-electron chi connectivity index (χ1n) is 15.4. The third-order valence-corrected chi connectivity index (χ3v) is 7.75. The lowest BCUT2D eigenvalue weighted by Crippen LogP contribution is -2.44. The van der Waals surface area contributed by atoms with Crippen LogP contribution in [0.2, 0.25) is 0 Å².